The summed E-state index contributed by atoms with van der Waals surface area (Å²) in [5.41, 5.74) is 4.43. The molecule has 0 heterocycles. The van der Waals surface area contributed by atoms with Crippen LogP contribution in [0, 0.1) is 6.92 Å². The predicted octanol–water partition coefficient (Wildman–Crippen LogP) is 4.41. The van der Waals surface area contributed by atoms with Crippen LogP contribution < -0.4 is 5.32 Å². The van der Waals surface area contributed by atoms with Crippen LogP contribution >= 0.6 is 0 Å². The van der Waals surface area contributed by atoms with Gasteiger partial charge in [0.25, 0.3) is 0 Å². The first-order valence-corrected chi connectivity index (χ1v) is 7.77. The molecule has 0 saturated heterocycles. The van der Waals surface area contributed by atoms with Crippen LogP contribution in [0.15, 0.2) is 35.9 Å². The van der Waals surface area contributed by atoms with E-state index in [0.29, 0.717) is 6.04 Å². The minimum atomic E-state index is 0.533. The van der Waals surface area contributed by atoms with Crippen LogP contribution in [0.3, 0.4) is 0 Å². The average molecular weight is 257 g/mol. The van der Waals surface area contributed by atoms with Crippen LogP contribution in [0.25, 0.3) is 0 Å². The zero-order valence-electron chi connectivity index (χ0n) is 12.4. The molecule has 0 fully saturated rings. The third-order valence-corrected chi connectivity index (χ3v) is 4.03. The van der Waals surface area contributed by atoms with Gasteiger partial charge < -0.3 is 5.32 Å². The zero-order valence-corrected chi connectivity index (χ0v) is 12.4. The molecule has 1 unspecified atom stereocenters. The number of likely N-dealkylation sites (N-methyl/N-ethyl adjacent to an activating group) is 1. The molecule has 1 nitrogen and oxygen atoms in total. The lowest BCUT2D eigenvalue weighted by atomic mass is 9.95. The Morgan fingerprint density at radius 1 is 1.11 bits per heavy atom. The SMILES string of the molecule is CCNC(Cc1ccc(C)cc1)C1=CCCCCC1. The number of nitrogens with one attached hydrogen (secondary N) is 1. The molecule has 1 aromatic carbocycles. The van der Waals surface area contributed by atoms with Gasteiger partial charge in [0.1, 0.15) is 0 Å². The van der Waals surface area contributed by atoms with Gasteiger partial charge in [0.2, 0.25) is 0 Å². The largest absolute Gasteiger partial charge is 0.310 e. The minimum absolute atomic E-state index is 0.533. The molecule has 1 heteroatoms. The van der Waals surface area contributed by atoms with Crippen molar-refractivity contribution in [2.75, 3.05) is 6.54 Å². The molecule has 0 aromatic heterocycles. The Hall–Kier alpha value is -1.08. The van der Waals surface area contributed by atoms with Gasteiger partial charge in [-0.25, -0.2) is 0 Å². The number of benzene rings is 1. The van der Waals surface area contributed by atoms with E-state index in [1.807, 2.05) is 0 Å². The Kier molecular flexibility index (Phi) is 5.65. The summed E-state index contributed by atoms with van der Waals surface area (Å²) in [5.74, 6) is 0. The number of hydrogen-bond acceptors (Lipinski definition) is 1. The van der Waals surface area contributed by atoms with E-state index in [1.165, 1.54) is 43.2 Å². The summed E-state index contributed by atoms with van der Waals surface area (Å²) in [7, 11) is 0. The van der Waals surface area contributed by atoms with Gasteiger partial charge in [0, 0.05) is 6.04 Å². The van der Waals surface area contributed by atoms with E-state index < -0.39 is 0 Å². The van der Waals surface area contributed by atoms with E-state index >= 15 is 0 Å². The van der Waals surface area contributed by atoms with E-state index in [1.54, 1.807) is 5.57 Å². The highest BCUT2D eigenvalue weighted by Crippen LogP contribution is 2.22. The molecular formula is C18H27N. The lowest BCUT2D eigenvalue weighted by molar-refractivity contribution is 0.562. The second-order valence-electron chi connectivity index (χ2n) is 5.68. The highest BCUT2D eigenvalue weighted by Gasteiger charge is 2.15. The van der Waals surface area contributed by atoms with Gasteiger partial charge in [-0.3, -0.25) is 0 Å². The minimum Gasteiger partial charge on any atom is -0.310 e. The maximum atomic E-state index is 3.67. The van der Waals surface area contributed by atoms with Crippen molar-refractivity contribution >= 4 is 0 Å². The first-order valence-electron chi connectivity index (χ1n) is 7.77. The number of rotatable bonds is 5. The maximum Gasteiger partial charge on any atom is 0.0319 e. The van der Waals surface area contributed by atoms with E-state index in [-0.39, 0.29) is 0 Å². The fourth-order valence-corrected chi connectivity index (χ4v) is 2.90. The smallest absolute Gasteiger partial charge is 0.0319 e. The van der Waals surface area contributed by atoms with Crippen LogP contribution in [-0.2, 0) is 6.42 Å². The summed E-state index contributed by atoms with van der Waals surface area (Å²) in [4.78, 5) is 0. The van der Waals surface area contributed by atoms with Crippen molar-refractivity contribution in [1.82, 2.24) is 5.32 Å². The highest BCUT2D eigenvalue weighted by molar-refractivity contribution is 5.25. The first kappa shape index (κ1) is 14.3. The van der Waals surface area contributed by atoms with Crippen molar-refractivity contribution in [1.29, 1.82) is 0 Å². The maximum absolute atomic E-state index is 3.67. The standard InChI is InChI=1S/C18H27N/c1-3-19-18(17-8-6-4-5-7-9-17)14-16-12-10-15(2)11-13-16/h8,10-13,18-19H,3-7,9,14H2,1-2H3. The summed E-state index contributed by atoms with van der Waals surface area (Å²) in [6.45, 7) is 5.41. The fourth-order valence-electron chi connectivity index (χ4n) is 2.90. The van der Waals surface area contributed by atoms with Gasteiger partial charge in [-0.2, -0.15) is 0 Å². The summed E-state index contributed by atoms with van der Waals surface area (Å²) in [6.07, 6.45) is 10.3. The Morgan fingerprint density at radius 2 is 1.89 bits per heavy atom. The quantitative estimate of drug-likeness (QED) is 0.771. The molecular weight excluding hydrogens is 230 g/mol. The van der Waals surface area contributed by atoms with Crippen LogP contribution in [0.1, 0.15) is 50.2 Å². The number of hydrogen-bond donors (Lipinski definition) is 1. The summed E-state index contributed by atoms with van der Waals surface area (Å²) in [6, 6.07) is 9.53. The van der Waals surface area contributed by atoms with E-state index in [4.69, 9.17) is 0 Å². The Morgan fingerprint density at radius 3 is 2.63 bits per heavy atom. The van der Waals surface area contributed by atoms with E-state index in [2.05, 4.69) is 49.5 Å². The van der Waals surface area contributed by atoms with Crippen molar-refractivity contribution in [2.45, 2.75) is 58.4 Å². The molecule has 1 aliphatic rings. The fraction of sp³-hybridized carbons (Fsp3) is 0.556. The molecule has 1 aromatic rings. The molecule has 104 valence electrons. The van der Waals surface area contributed by atoms with Crippen molar-refractivity contribution in [3.8, 4) is 0 Å². The second-order valence-corrected chi connectivity index (χ2v) is 5.68. The Balaban J connectivity index is 2.06. The summed E-state index contributed by atoms with van der Waals surface area (Å²) >= 11 is 0. The van der Waals surface area contributed by atoms with Gasteiger partial charge in [-0.15, -0.1) is 0 Å². The molecule has 0 saturated carbocycles. The molecule has 0 aliphatic heterocycles. The van der Waals surface area contributed by atoms with Gasteiger partial charge in [-0.05, 0) is 51.1 Å². The average Bonchev–Trinajstić information content (AvgIpc) is 2.70. The molecule has 0 spiro atoms. The van der Waals surface area contributed by atoms with Crippen LogP contribution in [0.4, 0.5) is 0 Å². The third kappa shape index (κ3) is 4.50. The van der Waals surface area contributed by atoms with Gasteiger partial charge in [-0.1, -0.05) is 54.8 Å². The van der Waals surface area contributed by atoms with Crippen molar-refractivity contribution in [2.24, 2.45) is 0 Å². The van der Waals surface area contributed by atoms with E-state index in [9.17, 15) is 0 Å². The molecule has 0 amide bonds. The predicted molar refractivity (Wildman–Crippen MR) is 83.5 cm³/mol. The molecule has 19 heavy (non-hydrogen) atoms. The molecule has 2 rings (SSSR count). The molecule has 1 N–H and O–H groups in total. The van der Waals surface area contributed by atoms with Crippen molar-refractivity contribution in [3.05, 3.63) is 47.0 Å². The normalized spacial score (nSPS) is 17.7. The van der Waals surface area contributed by atoms with Crippen LogP contribution in [0.5, 0.6) is 0 Å². The molecule has 0 radical (unpaired) electrons. The first-order chi connectivity index (χ1) is 9.29. The highest BCUT2D eigenvalue weighted by atomic mass is 14.9. The van der Waals surface area contributed by atoms with Crippen molar-refractivity contribution in [3.63, 3.8) is 0 Å². The zero-order chi connectivity index (χ0) is 13.5. The monoisotopic (exact) mass is 257 g/mol. The second kappa shape index (κ2) is 7.49. The Labute approximate surface area is 118 Å². The number of allylic oxidation sites excluding steroid dienone is 1. The van der Waals surface area contributed by atoms with Gasteiger partial charge >= 0.3 is 0 Å². The van der Waals surface area contributed by atoms with Crippen LogP contribution in [0.2, 0.25) is 0 Å². The molecule has 1 atom stereocenters. The van der Waals surface area contributed by atoms with E-state index in [0.717, 1.165) is 13.0 Å². The molecule has 1 aliphatic carbocycles. The number of aryl methyl sites for hydroxylation is 1. The molecule has 0 bridgehead atoms. The van der Waals surface area contributed by atoms with Crippen molar-refractivity contribution < 1.29 is 0 Å². The summed E-state index contributed by atoms with van der Waals surface area (Å²) in [5, 5.41) is 3.67. The third-order valence-electron chi connectivity index (χ3n) is 4.03. The van der Waals surface area contributed by atoms with Gasteiger partial charge in [0.15, 0.2) is 0 Å². The Bertz CT molecular complexity index is 402. The van der Waals surface area contributed by atoms with Gasteiger partial charge in [0.05, 0.1) is 0 Å². The van der Waals surface area contributed by atoms with Crippen LogP contribution in [-0.4, -0.2) is 12.6 Å². The summed E-state index contributed by atoms with van der Waals surface area (Å²) < 4.78 is 0. The lowest BCUT2D eigenvalue weighted by Gasteiger charge is -2.21. The topological polar surface area (TPSA) is 12.0 Å². The lowest BCUT2D eigenvalue weighted by Crippen LogP contribution is -2.33.